The van der Waals surface area contributed by atoms with Crippen molar-refractivity contribution in [1.82, 2.24) is 9.97 Å². The molecule has 2 heterocycles. The van der Waals surface area contributed by atoms with E-state index >= 15 is 0 Å². The first-order valence-corrected chi connectivity index (χ1v) is 8.68. The van der Waals surface area contributed by atoms with Crippen LogP contribution in [0.4, 0.5) is 5.82 Å². The highest BCUT2D eigenvalue weighted by Crippen LogP contribution is 2.46. The van der Waals surface area contributed by atoms with E-state index in [1.54, 1.807) is 0 Å². The number of hydrogen-bond acceptors (Lipinski definition) is 3. The summed E-state index contributed by atoms with van der Waals surface area (Å²) >= 11 is 6.33. The minimum atomic E-state index is 0.313. The van der Waals surface area contributed by atoms with Crippen LogP contribution in [0.3, 0.4) is 0 Å². The molecule has 3 nitrogen and oxygen atoms in total. The lowest BCUT2D eigenvalue weighted by molar-refractivity contribution is 0.226. The highest BCUT2D eigenvalue weighted by molar-refractivity contribution is 6.30. The predicted molar refractivity (Wildman–Crippen MR) is 88.2 cm³/mol. The van der Waals surface area contributed by atoms with Crippen molar-refractivity contribution >= 4 is 17.4 Å². The summed E-state index contributed by atoms with van der Waals surface area (Å²) in [7, 11) is 0. The number of nitrogens with zero attached hydrogens (tertiary/aromatic N) is 3. The van der Waals surface area contributed by atoms with Gasteiger partial charge >= 0.3 is 0 Å². The fourth-order valence-corrected chi connectivity index (χ4v) is 4.05. The summed E-state index contributed by atoms with van der Waals surface area (Å²) in [4.78, 5) is 11.7. The second-order valence-electron chi connectivity index (χ2n) is 7.17. The molecular weight excluding hydrogens is 282 g/mol. The Hall–Kier alpha value is -0.830. The Kier molecular flexibility index (Phi) is 4.13. The van der Waals surface area contributed by atoms with Gasteiger partial charge < -0.3 is 4.90 Å². The van der Waals surface area contributed by atoms with Crippen LogP contribution in [0.1, 0.15) is 69.7 Å². The molecule has 1 aromatic heterocycles. The molecule has 2 aliphatic rings. The van der Waals surface area contributed by atoms with Gasteiger partial charge in [-0.25, -0.2) is 9.97 Å². The fourth-order valence-electron chi connectivity index (χ4n) is 3.88. The molecule has 1 aromatic rings. The molecule has 21 heavy (non-hydrogen) atoms. The molecule has 0 N–H and O–H groups in total. The van der Waals surface area contributed by atoms with Crippen molar-refractivity contribution in [2.75, 3.05) is 18.0 Å². The number of piperidine rings is 1. The largest absolute Gasteiger partial charge is 0.356 e. The molecule has 0 amide bonds. The summed E-state index contributed by atoms with van der Waals surface area (Å²) in [6.07, 6.45) is 8.34. The Balaban J connectivity index is 1.81. The fraction of sp³-hybridized carbons (Fsp3) is 0.765. The number of rotatable bonds is 2. The third-order valence-corrected chi connectivity index (χ3v) is 5.75. The van der Waals surface area contributed by atoms with E-state index in [4.69, 9.17) is 16.6 Å². The van der Waals surface area contributed by atoms with E-state index < -0.39 is 0 Å². The van der Waals surface area contributed by atoms with Crippen LogP contribution >= 0.6 is 11.6 Å². The molecule has 0 bridgehead atoms. The Morgan fingerprint density at radius 2 is 1.67 bits per heavy atom. The van der Waals surface area contributed by atoms with Gasteiger partial charge in [0.15, 0.2) is 0 Å². The van der Waals surface area contributed by atoms with Gasteiger partial charge in [-0.3, -0.25) is 0 Å². The van der Waals surface area contributed by atoms with E-state index in [9.17, 15) is 0 Å². The molecule has 1 saturated carbocycles. The van der Waals surface area contributed by atoms with Crippen LogP contribution in [-0.4, -0.2) is 23.1 Å². The lowest BCUT2D eigenvalue weighted by Crippen LogP contribution is -2.39. The minimum Gasteiger partial charge on any atom is -0.356 e. The highest BCUT2D eigenvalue weighted by Gasteiger charge is 2.37. The molecule has 1 aliphatic heterocycles. The smallest absolute Gasteiger partial charge is 0.137 e. The van der Waals surface area contributed by atoms with Crippen LogP contribution in [0.2, 0.25) is 5.15 Å². The van der Waals surface area contributed by atoms with Crippen LogP contribution in [0.25, 0.3) is 0 Å². The highest BCUT2D eigenvalue weighted by atomic mass is 35.5. The number of anilines is 1. The van der Waals surface area contributed by atoms with Crippen molar-refractivity contribution in [2.45, 2.75) is 65.2 Å². The van der Waals surface area contributed by atoms with Gasteiger partial charge in [0.2, 0.25) is 0 Å². The van der Waals surface area contributed by atoms with E-state index in [1.807, 2.05) is 6.92 Å². The second-order valence-corrected chi connectivity index (χ2v) is 7.53. The van der Waals surface area contributed by atoms with Crippen molar-refractivity contribution in [1.29, 1.82) is 0 Å². The molecule has 0 aromatic carbocycles. The third kappa shape index (κ3) is 2.90. The summed E-state index contributed by atoms with van der Waals surface area (Å²) < 4.78 is 0. The zero-order valence-electron chi connectivity index (χ0n) is 13.5. The maximum atomic E-state index is 6.33. The number of hydrogen-bond donors (Lipinski definition) is 0. The van der Waals surface area contributed by atoms with Crippen LogP contribution in [0.15, 0.2) is 0 Å². The summed E-state index contributed by atoms with van der Waals surface area (Å²) in [5, 5.41) is 0.616. The lowest BCUT2D eigenvalue weighted by Gasteiger charge is -2.40. The van der Waals surface area contributed by atoms with Gasteiger partial charge in [-0.2, -0.15) is 0 Å². The van der Waals surface area contributed by atoms with E-state index in [0.717, 1.165) is 30.3 Å². The molecule has 3 rings (SSSR count). The van der Waals surface area contributed by atoms with Gasteiger partial charge in [0, 0.05) is 24.6 Å². The van der Waals surface area contributed by atoms with Gasteiger partial charge in [-0.05, 0) is 38.0 Å². The monoisotopic (exact) mass is 307 g/mol. The summed E-state index contributed by atoms with van der Waals surface area (Å²) in [6.45, 7) is 8.52. The van der Waals surface area contributed by atoms with Crippen molar-refractivity contribution in [3.63, 3.8) is 0 Å². The summed E-state index contributed by atoms with van der Waals surface area (Å²) in [5.41, 5.74) is 1.67. The van der Waals surface area contributed by atoms with Crippen molar-refractivity contribution in [3.8, 4) is 0 Å². The van der Waals surface area contributed by atoms with Gasteiger partial charge in [0.1, 0.15) is 16.8 Å². The molecule has 0 unspecified atom stereocenters. The third-order valence-electron chi connectivity index (χ3n) is 5.38. The van der Waals surface area contributed by atoms with Gasteiger partial charge in [-0.15, -0.1) is 0 Å². The van der Waals surface area contributed by atoms with Crippen LogP contribution in [0, 0.1) is 12.3 Å². The van der Waals surface area contributed by atoms with Crippen LogP contribution < -0.4 is 4.90 Å². The molecular formula is C17H26ClN3. The topological polar surface area (TPSA) is 29.0 Å². The number of aromatic nitrogens is 2. The normalized spacial score (nSPS) is 21.5. The summed E-state index contributed by atoms with van der Waals surface area (Å²) in [6, 6.07) is 0. The van der Waals surface area contributed by atoms with Crippen LogP contribution in [0.5, 0.6) is 0 Å². The van der Waals surface area contributed by atoms with Gasteiger partial charge in [-0.1, -0.05) is 38.3 Å². The average molecular weight is 308 g/mol. The molecule has 4 heteroatoms. The molecule has 0 atom stereocenters. The van der Waals surface area contributed by atoms with Crippen molar-refractivity contribution < 1.29 is 0 Å². The summed E-state index contributed by atoms with van der Waals surface area (Å²) in [5.74, 6) is 2.24. The van der Waals surface area contributed by atoms with E-state index in [2.05, 4.69) is 23.7 Å². The first-order chi connectivity index (χ1) is 10.0. The Bertz CT molecular complexity index is 511. The lowest BCUT2D eigenvalue weighted by atomic mass is 9.77. The Morgan fingerprint density at radius 1 is 1.05 bits per heavy atom. The van der Waals surface area contributed by atoms with Crippen molar-refractivity contribution in [3.05, 3.63) is 16.5 Å². The molecule has 1 saturated heterocycles. The first-order valence-electron chi connectivity index (χ1n) is 8.30. The molecule has 2 fully saturated rings. The van der Waals surface area contributed by atoms with Crippen molar-refractivity contribution in [2.24, 2.45) is 5.41 Å². The van der Waals surface area contributed by atoms with E-state index in [1.165, 1.54) is 38.5 Å². The molecule has 1 aliphatic carbocycles. The predicted octanol–water partition coefficient (Wildman–Crippen LogP) is 4.72. The Morgan fingerprint density at radius 3 is 2.24 bits per heavy atom. The van der Waals surface area contributed by atoms with E-state index in [-0.39, 0.29) is 0 Å². The van der Waals surface area contributed by atoms with Gasteiger partial charge in [0.05, 0.1) is 0 Å². The molecule has 116 valence electrons. The SMILES string of the molecule is Cc1c(Cl)nc(C(C)C)nc1N1CCC2(CCCC2)CC1. The zero-order valence-corrected chi connectivity index (χ0v) is 14.2. The molecule has 1 spiro atoms. The Labute approximate surface area is 133 Å². The van der Waals surface area contributed by atoms with Crippen LogP contribution in [-0.2, 0) is 0 Å². The standard InChI is InChI=1S/C17H26ClN3/c1-12(2)15-19-14(18)13(3)16(20-15)21-10-8-17(9-11-21)6-4-5-7-17/h12H,4-11H2,1-3H3. The zero-order chi connectivity index (χ0) is 15.0. The van der Waals surface area contributed by atoms with Gasteiger partial charge in [0.25, 0.3) is 0 Å². The molecule has 0 radical (unpaired) electrons. The second kappa shape index (κ2) is 5.75. The van der Waals surface area contributed by atoms with E-state index in [0.29, 0.717) is 16.5 Å². The maximum absolute atomic E-state index is 6.33. The first kappa shape index (κ1) is 15.1. The quantitative estimate of drug-likeness (QED) is 0.740. The minimum absolute atomic E-state index is 0.313. The average Bonchev–Trinajstić information content (AvgIpc) is 2.91. The number of halogens is 1. The maximum Gasteiger partial charge on any atom is 0.137 e.